The second kappa shape index (κ2) is 4.77. The molecule has 0 N–H and O–H groups in total. The fourth-order valence-corrected chi connectivity index (χ4v) is 3.14. The van der Waals surface area contributed by atoms with Crippen molar-refractivity contribution in [2.24, 2.45) is 0 Å². The zero-order valence-electron chi connectivity index (χ0n) is 7.84. The Hall–Kier alpha value is -0.520. The molecule has 16 heavy (non-hydrogen) atoms. The lowest BCUT2D eigenvalue weighted by molar-refractivity contribution is 0.103. The van der Waals surface area contributed by atoms with Gasteiger partial charge in [-0.2, -0.15) is 11.3 Å². The summed E-state index contributed by atoms with van der Waals surface area (Å²) in [6.07, 6.45) is 0. The largest absolute Gasteiger partial charge is 0.288 e. The van der Waals surface area contributed by atoms with Gasteiger partial charge in [-0.1, -0.05) is 15.9 Å². The minimum absolute atomic E-state index is 0.195. The van der Waals surface area contributed by atoms with Gasteiger partial charge >= 0.3 is 0 Å². The molecule has 1 nitrogen and oxygen atoms in total. The number of thiophene rings is 1. The van der Waals surface area contributed by atoms with Crippen molar-refractivity contribution < 1.29 is 9.18 Å². The maximum atomic E-state index is 13.1. The van der Waals surface area contributed by atoms with Gasteiger partial charge in [-0.15, -0.1) is 0 Å². The molecule has 82 valence electrons. The second-order valence-corrected chi connectivity index (χ2v) is 5.54. The Morgan fingerprint density at radius 2 is 1.88 bits per heavy atom. The van der Waals surface area contributed by atoms with Crippen LogP contribution in [0.25, 0.3) is 0 Å². The first-order valence-electron chi connectivity index (χ1n) is 4.31. The SMILES string of the molecule is O=C(c1cscc1Br)c1cc(F)ccc1Br. The Morgan fingerprint density at radius 1 is 1.12 bits per heavy atom. The molecule has 0 aliphatic carbocycles. The summed E-state index contributed by atoms with van der Waals surface area (Å²) in [5, 5.41) is 3.56. The van der Waals surface area contributed by atoms with Crippen LogP contribution < -0.4 is 0 Å². The zero-order valence-corrected chi connectivity index (χ0v) is 11.8. The first-order chi connectivity index (χ1) is 7.59. The summed E-state index contributed by atoms with van der Waals surface area (Å²) in [6.45, 7) is 0. The summed E-state index contributed by atoms with van der Waals surface area (Å²) >= 11 is 7.95. The fraction of sp³-hybridized carbons (Fsp3) is 0. The van der Waals surface area contributed by atoms with E-state index in [2.05, 4.69) is 31.9 Å². The molecule has 0 bridgehead atoms. The Morgan fingerprint density at radius 3 is 2.50 bits per heavy atom. The third-order valence-electron chi connectivity index (χ3n) is 2.03. The summed E-state index contributed by atoms with van der Waals surface area (Å²) in [5.74, 6) is -0.614. The predicted molar refractivity (Wildman–Crippen MR) is 69.6 cm³/mol. The molecule has 0 aliphatic rings. The van der Waals surface area contributed by atoms with E-state index in [-0.39, 0.29) is 5.78 Å². The Balaban J connectivity index is 2.49. The molecule has 0 unspecified atom stereocenters. The summed E-state index contributed by atoms with van der Waals surface area (Å²) in [6, 6.07) is 4.07. The normalized spacial score (nSPS) is 10.4. The van der Waals surface area contributed by atoms with Gasteiger partial charge in [-0.25, -0.2) is 4.39 Å². The van der Waals surface area contributed by atoms with Crippen LogP contribution >= 0.6 is 43.2 Å². The molecule has 0 fully saturated rings. The third-order valence-corrected chi connectivity index (χ3v) is 4.43. The average Bonchev–Trinajstić information content (AvgIpc) is 2.67. The van der Waals surface area contributed by atoms with E-state index in [0.29, 0.717) is 15.6 Å². The van der Waals surface area contributed by atoms with Gasteiger partial charge in [0.25, 0.3) is 0 Å². The second-order valence-electron chi connectivity index (χ2n) is 3.09. The molecule has 0 amide bonds. The van der Waals surface area contributed by atoms with Gasteiger partial charge < -0.3 is 0 Å². The Bertz CT molecular complexity index is 551. The molecule has 0 radical (unpaired) electrons. The van der Waals surface area contributed by atoms with Crippen molar-refractivity contribution >= 4 is 49.0 Å². The lowest BCUT2D eigenvalue weighted by atomic mass is 10.1. The summed E-state index contributed by atoms with van der Waals surface area (Å²) in [7, 11) is 0. The quantitative estimate of drug-likeness (QED) is 0.710. The summed E-state index contributed by atoms with van der Waals surface area (Å²) in [5.41, 5.74) is 0.885. The van der Waals surface area contributed by atoms with Crippen molar-refractivity contribution in [2.75, 3.05) is 0 Å². The number of carbonyl (C=O) groups is 1. The maximum absolute atomic E-state index is 13.1. The number of hydrogen-bond donors (Lipinski definition) is 0. The van der Waals surface area contributed by atoms with E-state index in [1.807, 2.05) is 5.38 Å². The van der Waals surface area contributed by atoms with Crippen molar-refractivity contribution in [2.45, 2.75) is 0 Å². The van der Waals surface area contributed by atoms with Gasteiger partial charge in [0.2, 0.25) is 0 Å². The molecule has 2 aromatic rings. The van der Waals surface area contributed by atoms with Crippen LogP contribution in [0.4, 0.5) is 4.39 Å². The van der Waals surface area contributed by atoms with E-state index < -0.39 is 5.82 Å². The number of benzene rings is 1. The first-order valence-corrected chi connectivity index (χ1v) is 6.84. The highest BCUT2D eigenvalue weighted by Crippen LogP contribution is 2.27. The number of rotatable bonds is 2. The summed E-state index contributed by atoms with van der Waals surface area (Å²) in [4.78, 5) is 12.1. The molecule has 2 rings (SSSR count). The molecule has 5 heteroatoms. The minimum atomic E-state index is -0.419. The third kappa shape index (κ3) is 2.26. The molecule has 0 saturated heterocycles. The van der Waals surface area contributed by atoms with Crippen LogP contribution in [-0.2, 0) is 0 Å². The van der Waals surface area contributed by atoms with Crippen LogP contribution in [0.1, 0.15) is 15.9 Å². The van der Waals surface area contributed by atoms with Crippen molar-refractivity contribution in [3.8, 4) is 0 Å². The number of ketones is 1. The van der Waals surface area contributed by atoms with E-state index in [4.69, 9.17) is 0 Å². The zero-order chi connectivity index (χ0) is 11.7. The number of carbonyl (C=O) groups excluding carboxylic acids is 1. The van der Waals surface area contributed by atoms with Crippen LogP contribution in [0.5, 0.6) is 0 Å². The van der Waals surface area contributed by atoms with Crippen LogP contribution in [0.2, 0.25) is 0 Å². The summed E-state index contributed by atoms with van der Waals surface area (Å²) < 4.78 is 14.4. The van der Waals surface area contributed by atoms with Crippen molar-refractivity contribution in [1.82, 2.24) is 0 Å². The number of halogens is 3. The molecule has 0 aliphatic heterocycles. The molecular formula is C11H5Br2FOS. The average molecular weight is 364 g/mol. The van der Waals surface area contributed by atoms with Crippen LogP contribution in [0, 0.1) is 5.82 Å². The monoisotopic (exact) mass is 362 g/mol. The first kappa shape index (κ1) is 12.0. The van der Waals surface area contributed by atoms with Crippen molar-refractivity contribution in [3.05, 3.63) is 54.8 Å². The highest BCUT2D eigenvalue weighted by Gasteiger charge is 2.16. The van der Waals surface area contributed by atoms with E-state index in [1.165, 1.54) is 29.5 Å². The van der Waals surface area contributed by atoms with Gasteiger partial charge in [-0.05, 0) is 34.1 Å². The van der Waals surface area contributed by atoms with Crippen LogP contribution in [0.15, 0.2) is 37.9 Å². The molecule has 0 atom stereocenters. The smallest absolute Gasteiger partial charge is 0.196 e. The van der Waals surface area contributed by atoms with Gasteiger partial charge in [0.05, 0.1) is 0 Å². The van der Waals surface area contributed by atoms with Crippen molar-refractivity contribution in [1.29, 1.82) is 0 Å². The predicted octanol–water partition coefficient (Wildman–Crippen LogP) is 4.64. The molecule has 0 spiro atoms. The van der Waals surface area contributed by atoms with Gasteiger partial charge in [0.1, 0.15) is 5.82 Å². The molecule has 1 aromatic heterocycles. The van der Waals surface area contributed by atoms with Crippen LogP contribution in [-0.4, -0.2) is 5.78 Å². The van der Waals surface area contributed by atoms with E-state index in [9.17, 15) is 9.18 Å². The lowest BCUT2D eigenvalue weighted by Crippen LogP contribution is -2.02. The minimum Gasteiger partial charge on any atom is -0.288 e. The molecular weight excluding hydrogens is 359 g/mol. The van der Waals surface area contributed by atoms with E-state index >= 15 is 0 Å². The highest BCUT2D eigenvalue weighted by molar-refractivity contribution is 9.11. The lowest BCUT2D eigenvalue weighted by Gasteiger charge is -2.02. The van der Waals surface area contributed by atoms with Crippen LogP contribution in [0.3, 0.4) is 0 Å². The fourth-order valence-electron chi connectivity index (χ4n) is 1.26. The van der Waals surface area contributed by atoms with Crippen molar-refractivity contribution in [3.63, 3.8) is 0 Å². The van der Waals surface area contributed by atoms with Gasteiger partial charge in [-0.3, -0.25) is 4.79 Å². The topological polar surface area (TPSA) is 17.1 Å². The number of hydrogen-bond acceptors (Lipinski definition) is 2. The molecule has 0 saturated carbocycles. The highest BCUT2D eigenvalue weighted by atomic mass is 79.9. The van der Waals surface area contributed by atoms with Gasteiger partial charge in [0.15, 0.2) is 5.78 Å². The Labute approximate surface area is 113 Å². The van der Waals surface area contributed by atoms with Gasteiger partial charge in [0, 0.05) is 30.8 Å². The van der Waals surface area contributed by atoms with E-state index in [0.717, 1.165) is 4.47 Å². The molecule has 1 aromatic carbocycles. The standard InChI is InChI=1S/C11H5Br2FOS/c12-9-2-1-6(14)3-7(9)11(15)8-4-16-5-10(8)13/h1-5H. The molecule has 1 heterocycles. The van der Waals surface area contributed by atoms with E-state index in [1.54, 1.807) is 5.38 Å². The maximum Gasteiger partial charge on any atom is 0.196 e. The Kier molecular flexibility index (Phi) is 3.56.